The molecule has 1 heterocycles. The van der Waals surface area contributed by atoms with Crippen LogP contribution < -0.4 is 5.32 Å². The zero-order valence-electron chi connectivity index (χ0n) is 12.5. The smallest absolute Gasteiger partial charge is 0.349 e. The predicted octanol–water partition coefficient (Wildman–Crippen LogP) is 0.854. The van der Waals surface area contributed by atoms with Crippen LogP contribution in [-0.4, -0.2) is 67.6 Å². The third kappa shape index (κ3) is 5.53. The molecule has 122 valence electrons. The van der Waals surface area contributed by atoms with Crippen LogP contribution in [0.25, 0.3) is 0 Å². The van der Waals surface area contributed by atoms with Gasteiger partial charge in [-0.25, -0.2) is 0 Å². The van der Waals surface area contributed by atoms with E-state index in [4.69, 9.17) is 0 Å². The Morgan fingerprint density at radius 2 is 1.81 bits per heavy atom. The Kier molecular flexibility index (Phi) is 6.00. The van der Waals surface area contributed by atoms with Crippen LogP contribution in [0.2, 0.25) is 0 Å². The van der Waals surface area contributed by atoms with Gasteiger partial charge in [0.05, 0.1) is 6.04 Å². The van der Waals surface area contributed by atoms with Crippen LogP contribution in [0.15, 0.2) is 0 Å². The summed E-state index contributed by atoms with van der Waals surface area (Å²) in [6, 6.07) is -0.622. The van der Waals surface area contributed by atoms with Gasteiger partial charge in [0, 0.05) is 20.0 Å². The summed E-state index contributed by atoms with van der Waals surface area (Å²) >= 11 is 0. The monoisotopic (exact) mass is 309 g/mol. The average molecular weight is 309 g/mol. The Balaban J connectivity index is 2.43. The number of carbonyl (C=O) groups is 2. The zero-order valence-corrected chi connectivity index (χ0v) is 12.5. The van der Waals surface area contributed by atoms with Gasteiger partial charge in [-0.2, -0.15) is 13.2 Å². The molecule has 5 nitrogen and oxygen atoms in total. The first-order valence-corrected chi connectivity index (χ1v) is 6.91. The topological polar surface area (TPSA) is 52.7 Å². The van der Waals surface area contributed by atoms with E-state index in [0.717, 1.165) is 0 Å². The average Bonchev–Trinajstić information content (AvgIpc) is 2.42. The SMILES string of the molecule is CC(C(=O)NCC(F)(F)F)N1CCC(C(=O)N(C)C)CC1. The number of nitrogens with zero attached hydrogens (tertiary/aromatic N) is 2. The summed E-state index contributed by atoms with van der Waals surface area (Å²) in [5, 5.41) is 1.89. The Bertz CT molecular complexity index is 377. The maximum Gasteiger partial charge on any atom is 0.405 e. The van der Waals surface area contributed by atoms with E-state index < -0.39 is 24.7 Å². The number of piperidine rings is 1. The molecule has 21 heavy (non-hydrogen) atoms. The van der Waals surface area contributed by atoms with Gasteiger partial charge in [-0.1, -0.05) is 0 Å². The second kappa shape index (κ2) is 7.11. The van der Waals surface area contributed by atoms with Gasteiger partial charge in [0.1, 0.15) is 6.54 Å². The van der Waals surface area contributed by atoms with Crippen molar-refractivity contribution in [2.24, 2.45) is 5.92 Å². The summed E-state index contributed by atoms with van der Waals surface area (Å²) in [5.41, 5.74) is 0. The second-order valence-corrected chi connectivity index (χ2v) is 5.55. The minimum atomic E-state index is -4.40. The number of nitrogens with one attached hydrogen (secondary N) is 1. The molecule has 2 amide bonds. The van der Waals surface area contributed by atoms with E-state index in [2.05, 4.69) is 0 Å². The molecule has 0 radical (unpaired) electrons. The van der Waals surface area contributed by atoms with Gasteiger partial charge in [-0.05, 0) is 32.9 Å². The molecule has 1 aliphatic heterocycles. The van der Waals surface area contributed by atoms with Crippen LogP contribution in [0, 0.1) is 5.92 Å². The van der Waals surface area contributed by atoms with Crippen molar-refractivity contribution >= 4 is 11.8 Å². The first kappa shape index (κ1) is 17.7. The summed E-state index contributed by atoms with van der Waals surface area (Å²) in [7, 11) is 3.39. The maximum atomic E-state index is 12.1. The van der Waals surface area contributed by atoms with Gasteiger partial charge in [0.25, 0.3) is 0 Å². The minimum Gasteiger partial charge on any atom is -0.349 e. The molecule has 0 aromatic carbocycles. The summed E-state index contributed by atoms with van der Waals surface area (Å²) in [5.74, 6) is -0.643. The molecule has 1 N–H and O–H groups in total. The summed E-state index contributed by atoms with van der Waals surface area (Å²) in [6.45, 7) is 1.33. The van der Waals surface area contributed by atoms with Crippen LogP contribution >= 0.6 is 0 Å². The Morgan fingerprint density at radius 1 is 1.29 bits per heavy atom. The molecule has 1 atom stereocenters. The van der Waals surface area contributed by atoms with E-state index >= 15 is 0 Å². The molecule has 1 saturated heterocycles. The number of likely N-dealkylation sites (tertiary alicyclic amines) is 1. The molecule has 0 spiro atoms. The molecule has 0 bridgehead atoms. The van der Waals surface area contributed by atoms with Crippen molar-refractivity contribution in [1.29, 1.82) is 0 Å². The van der Waals surface area contributed by atoms with Crippen molar-refractivity contribution in [3.8, 4) is 0 Å². The van der Waals surface area contributed by atoms with E-state index in [9.17, 15) is 22.8 Å². The number of carbonyl (C=O) groups excluding carboxylic acids is 2. The van der Waals surface area contributed by atoms with Crippen LogP contribution in [0.1, 0.15) is 19.8 Å². The molecule has 1 unspecified atom stereocenters. The van der Waals surface area contributed by atoms with Crippen molar-refractivity contribution in [3.63, 3.8) is 0 Å². The second-order valence-electron chi connectivity index (χ2n) is 5.55. The highest BCUT2D eigenvalue weighted by molar-refractivity contribution is 5.81. The van der Waals surface area contributed by atoms with Crippen LogP contribution in [-0.2, 0) is 9.59 Å². The van der Waals surface area contributed by atoms with Crippen molar-refractivity contribution in [3.05, 3.63) is 0 Å². The van der Waals surface area contributed by atoms with Crippen molar-refractivity contribution in [2.45, 2.75) is 32.0 Å². The molecule has 1 rings (SSSR count). The van der Waals surface area contributed by atoms with Gasteiger partial charge in [0.2, 0.25) is 11.8 Å². The summed E-state index contributed by atoms with van der Waals surface area (Å²) < 4.78 is 36.2. The number of alkyl halides is 3. The number of amides is 2. The molecule has 0 aromatic heterocycles. The van der Waals surface area contributed by atoms with Crippen LogP contribution in [0.4, 0.5) is 13.2 Å². The van der Waals surface area contributed by atoms with E-state index in [-0.39, 0.29) is 11.8 Å². The molecule has 0 saturated carbocycles. The van der Waals surface area contributed by atoms with E-state index in [0.29, 0.717) is 25.9 Å². The first-order chi connectivity index (χ1) is 9.61. The Hall–Kier alpha value is -1.31. The molecular formula is C13H22F3N3O2. The van der Waals surface area contributed by atoms with Crippen LogP contribution in [0.3, 0.4) is 0 Å². The molecule has 0 aromatic rings. The molecule has 1 aliphatic rings. The summed E-state index contributed by atoms with van der Waals surface area (Å²) in [6.07, 6.45) is -3.16. The fourth-order valence-electron chi connectivity index (χ4n) is 2.40. The number of rotatable bonds is 4. The van der Waals surface area contributed by atoms with Gasteiger partial charge in [-0.3, -0.25) is 14.5 Å². The van der Waals surface area contributed by atoms with Gasteiger partial charge >= 0.3 is 6.18 Å². The van der Waals surface area contributed by atoms with E-state index in [1.165, 1.54) is 0 Å². The Morgan fingerprint density at radius 3 is 2.24 bits per heavy atom. The minimum absolute atomic E-state index is 0.0591. The van der Waals surface area contributed by atoms with E-state index in [1.807, 2.05) is 10.2 Å². The standard InChI is InChI=1S/C13H22F3N3O2/c1-9(11(20)17-8-13(14,15)16)19-6-4-10(5-7-19)12(21)18(2)3/h9-10H,4-8H2,1-3H3,(H,17,20). The fourth-order valence-corrected chi connectivity index (χ4v) is 2.40. The lowest BCUT2D eigenvalue weighted by atomic mass is 9.94. The first-order valence-electron chi connectivity index (χ1n) is 6.91. The molecule has 8 heteroatoms. The number of hydrogen-bond donors (Lipinski definition) is 1. The van der Waals surface area contributed by atoms with Crippen molar-refractivity contribution in [2.75, 3.05) is 33.7 Å². The highest BCUT2D eigenvalue weighted by Gasteiger charge is 2.32. The van der Waals surface area contributed by atoms with E-state index in [1.54, 1.807) is 25.9 Å². The normalized spacial score (nSPS) is 19.1. The number of halogens is 3. The fraction of sp³-hybridized carbons (Fsp3) is 0.846. The lowest BCUT2D eigenvalue weighted by molar-refractivity contribution is -0.142. The maximum absolute atomic E-state index is 12.1. The predicted molar refractivity (Wildman–Crippen MR) is 71.5 cm³/mol. The third-order valence-electron chi connectivity index (χ3n) is 3.71. The lowest BCUT2D eigenvalue weighted by Gasteiger charge is -2.35. The highest BCUT2D eigenvalue weighted by Crippen LogP contribution is 2.20. The van der Waals surface area contributed by atoms with Crippen LogP contribution in [0.5, 0.6) is 0 Å². The van der Waals surface area contributed by atoms with Gasteiger partial charge in [0.15, 0.2) is 0 Å². The van der Waals surface area contributed by atoms with Gasteiger partial charge in [-0.15, -0.1) is 0 Å². The van der Waals surface area contributed by atoms with Crippen molar-refractivity contribution in [1.82, 2.24) is 15.1 Å². The lowest BCUT2D eigenvalue weighted by Crippen LogP contribution is -2.50. The third-order valence-corrected chi connectivity index (χ3v) is 3.71. The quantitative estimate of drug-likeness (QED) is 0.838. The molecule has 0 aliphatic carbocycles. The molecule has 1 fully saturated rings. The highest BCUT2D eigenvalue weighted by atomic mass is 19.4. The number of hydrogen-bond acceptors (Lipinski definition) is 3. The molecular weight excluding hydrogens is 287 g/mol. The Labute approximate surface area is 122 Å². The van der Waals surface area contributed by atoms with Gasteiger partial charge < -0.3 is 10.2 Å². The van der Waals surface area contributed by atoms with Crippen molar-refractivity contribution < 1.29 is 22.8 Å². The zero-order chi connectivity index (χ0) is 16.2. The summed E-state index contributed by atoms with van der Waals surface area (Å²) in [4.78, 5) is 26.9. The largest absolute Gasteiger partial charge is 0.405 e.